The zero-order valence-electron chi connectivity index (χ0n) is 10.0. The van der Waals surface area contributed by atoms with Crippen molar-refractivity contribution >= 4 is 28.1 Å². The molecule has 0 fully saturated rings. The summed E-state index contributed by atoms with van der Waals surface area (Å²) in [5, 5.41) is 14.4. The Morgan fingerprint density at radius 1 is 1.25 bits per heavy atom. The van der Waals surface area contributed by atoms with Crippen LogP contribution in [0.25, 0.3) is 0 Å². The molecule has 0 saturated carbocycles. The van der Waals surface area contributed by atoms with Gasteiger partial charge in [-0.2, -0.15) is 13.2 Å². The van der Waals surface area contributed by atoms with Crippen LogP contribution in [0.2, 0.25) is 0 Å². The summed E-state index contributed by atoms with van der Waals surface area (Å²) >= 11 is 0.416. The van der Waals surface area contributed by atoms with Gasteiger partial charge in [0.1, 0.15) is 0 Å². The van der Waals surface area contributed by atoms with Crippen LogP contribution in [-0.2, 0) is 6.18 Å². The van der Waals surface area contributed by atoms with Gasteiger partial charge in [0, 0.05) is 12.7 Å². The fourth-order valence-electron chi connectivity index (χ4n) is 1.40. The van der Waals surface area contributed by atoms with E-state index in [1.165, 1.54) is 36.2 Å². The number of anilines is 2. The quantitative estimate of drug-likeness (QED) is 0.944. The highest BCUT2D eigenvalue weighted by Gasteiger charge is 2.36. The predicted octanol–water partition coefficient (Wildman–Crippen LogP) is 3.02. The first-order chi connectivity index (χ1) is 9.29. The zero-order valence-corrected chi connectivity index (χ0v) is 10.9. The van der Waals surface area contributed by atoms with Gasteiger partial charge in [0.2, 0.25) is 10.1 Å². The van der Waals surface area contributed by atoms with Crippen molar-refractivity contribution in [1.29, 1.82) is 0 Å². The highest BCUT2D eigenvalue weighted by Crippen LogP contribution is 2.35. The Morgan fingerprint density at radius 2 is 1.85 bits per heavy atom. The van der Waals surface area contributed by atoms with Gasteiger partial charge in [-0.15, -0.1) is 10.2 Å². The lowest BCUT2D eigenvalue weighted by Crippen LogP contribution is -2.09. The first-order valence-corrected chi connectivity index (χ1v) is 6.08. The molecule has 0 aliphatic carbocycles. The van der Waals surface area contributed by atoms with E-state index in [0.717, 1.165) is 0 Å². The Hall–Kier alpha value is -2.16. The van der Waals surface area contributed by atoms with Gasteiger partial charge in [-0.25, -0.2) is 4.79 Å². The van der Waals surface area contributed by atoms with E-state index >= 15 is 0 Å². The zero-order chi connectivity index (χ0) is 14.9. The number of rotatable bonds is 3. The number of nitrogens with zero attached hydrogens (tertiary/aromatic N) is 3. The lowest BCUT2D eigenvalue weighted by atomic mass is 10.2. The molecule has 1 heterocycles. The molecule has 0 radical (unpaired) electrons. The van der Waals surface area contributed by atoms with E-state index in [0.29, 0.717) is 17.0 Å². The summed E-state index contributed by atoms with van der Waals surface area (Å²) in [4.78, 5) is 12.1. The molecule has 0 unspecified atom stereocenters. The largest absolute Gasteiger partial charge is 0.478 e. The first kappa shape index (κ1) is 14.3. The van der Waals surface area contributed by atoms with E-state index in [9.17, 15) is 18.0 Å². The first-order valence-electron chi connectivity index (χ1n) is 5.27. The molecule has 2 aromatic rings. The molecule has 0 atom stereocenters. The smallest absolute Gasteiger partial charge is 0.445 e. The van der Waals surface area contributed by atoms with Gasteiger partial charge in [-0.1, -0.05) is 11.3 Å². The number of hydrogen-bond donors (Lipinski definition) is 1. The van der Waals surface area contributed by atoms with Gasteiger partial charge in [-0.05, 0) is 24.3 Å². The Kier molecular flexibility index (Phi) is 3.62. The minimum atomic E-state index is -4.52. The fourth-order valence-corrected chi connectivity index (χ4v) is 2.10. The summed E-state index contributed by atoms with van der Waals surface area (Å²) < 4.78 is 37.3. The Morgan fingerprint density at radius 3 is 2.30 bits per heavy atom. The van der Waals surface area contributed by atoms with Crippen LogP contribution >= 0.6 is 11.3 Å². The molecule has 106 valence electrons. The van der Waals surface area contributed by atoms with E-state index in [-0.39, 0.29) is 10.7 Å². The van der Waals surface area contributed by atoms with Crippen molar-refractivity contribution in [3.8, 4) is 0 Å². The van der Waals surface area contributed by atoms with Crippen LogP contribution in [0.4, 0.5) is 24.0 Å². The van der Waals surface area contributed by atoms with Crippen LogP contribution in [0.3, 0.4) is 0 Å². The maximum atomic E-state index is 12.4. The standard InChI is InChI=1S/C11H8F3N3O2S/c1-17(7-4-2-6(3-5-7)8(18)19)10-16-15-9(20-10)11(12,13)14/h2-5H,1H3,(H,18,19). The molecule has 0 spiro atoms. The van der Waals surface area contributed by atoms with Crippen molar-refractivity contribution in [1.82, 2.24) is 10.2 Å². The van der Waals surface area contributed by atoms with Gasteiger partial charge >= 0.3 is 12.1 Å². The molecule has 0 aliphatic rings. The molecular formula is C11H8F3N3O2S. The van der Waals surface area contributed by atoms with Gasteiger partial charge in [0.05, 0.1) is 5.56 Å². The molecule has 5 nitrogen and oxygen atoms in total. The Labute approximate surface area is 115 Å². The number of halogens is 3. The molecular weight excluding hydrogens is 295 g/mol. The predicted molar refractivity (Wildman–Crippen MR) is 66.4 cm³/mol. The molecule has 1 aromatic heterocycles. The molecule has 1 N–H and O–H groups in total. The Bertz CT molecular complexity index is 625. The van der Waals surface area contributed by atoms with Gasteiger partial charge in [0.15, 0.2) is 0 Å². The van der Waals surface area contributed by atoms with Crippen molar-refractivity contribution in [2.24, 2.45) is 0 Å². The maximum absolute atomic E-state index is 12.4. The van der Waals surface area contributed by atoms with Crippen LogP contribution < -0.4 is 4.90 Å². The number of aromatic carboxylic acids is 1. The average Bonchev–Trinajstić information content (AvgIpc) is 2.87. The van der Waals surface area contributed by atoms with Crippen molar-refractivity contribution in [3.05, 3.63) is 34.8 Å². The summed E-state index contributed by atoms with van der Waals surface area (Å²) in [6.07, 6.45) is -4.52. The number of benzene rings is 1. The van der Waals surface area contributed by atoms with Crippen molar-refractivity contribution < 1.29 is 23.1 Å². The van der Waals surface area contributed by atoms with Crippen LogP contribution in [0.1, 0.15) is 15.4 Å². The molecule has 2 rings (SSSR count). The topological polar surface area (TPSA) is 66.3 Å². The van der Waals surface area contributed by atoms with E-state index in [2.05, 4.69) is 10.2 Å². The van der Waals surface area contributed by atoms with Crippen molar-refractivity contribution in [2.75, 3.05) is 11.9 Å². The monoisotopic (exact) mass is 303 g/mol. The third-order valence-electron chi connectivity index (χ3n) is 2.45. The highest BCUT2D eigenvalue weighted by molar-refractivity contribution is 7.15. The van der Waals surface area contributed by atoms with Crippen molar-refractivity contribution in [3.63, 3.8) is 0 Å². The van der Waals surface area contributed by atoms with Crippen LogP contribution in [-0.4, -0.2) is 28.3 Å². The number of hydrogen-bond acceptors (Lipinski definition) is 5. The molecule has 0 saturated heterocycles. The molecule has 0 bridgehead atoms. The molecule has 0 aliphatic heterocycles. The third kappa shape index (κ3) is 2.87. The molecule has 0 amide bonds. The second-order valence-corrected chi connectivity index (χ2v) is 4.75. The maximum Gasteiger partial charge on any atom is 0.445 e. The van der Waals surface area contributed by atoms with Gasteiger partial charge < -0.3 is 10.0 Å². The highest BCUT2D eigenvalue weighted by atomic mass is 32.1. The van der Waals surface area contributed by atoms with Gasteiger partial charge in [-0.3, -0.25) is 0 Å². The summed E-state index contributed by atoms with van der Waals surface area (Å²) in [6, 6.07) is 5.69. The second-order valence-electron chi connectivity index (χ2n) is 3.80. The molecule has 20 heavy (non-hydrogen) atoms. The second kappa shape index (κ2) is 5.08. The number of carboxylic acid groups (broad SMARTS) is 1. The summed E-state index contributed by atoms with van der Waals surface area (Å²) in [7, 11) is 1.52. The van der Waals surface area contributed by atoms with Gasteiger partial charge in [0.25, 0.3) is 0 Å². The normalized spacial score (nSPS) is 11.4. The number of alkyl halides is 3. The third-order valence-corrected chi connectivity index (χ3v) is 3.49. The summed E-state index contributed by atoms with van der Waals surface area (Å²) in [5.74, 6) is -1.07. The van der Waals surface area contributed by atoms with Crippen molar-refractivity contribution in [2.45, 2.75) is 6.18 Å². The van der Waals surface area contributed by atoms with E-state index in [1.807, 2.05) is 0 Å². The lowest BCUT2D eigenvalue weighted by Gasteiger charge is -2.15. The van der Waals surface area contributed by atoms with Crippen LogP contribution in [0.5, 0.6) is 0 Å². The SMILES string of the molecule is CN(c1ccc(C(=O)O)cc1)c1nnc(C(F)(F)F)s1. The summed E-state index contributed by atoms with van der Waals surface area (Å²) in [6.45, 7) is 0. The minimum absolute atomic E-state index is 0.0698. The molecule has 1 aromatic carbocycles. The van der Waals surface area contributed by atoms with E-state index < -0.39 is 17.2 Å². The van der Waals surface area contributed by atoms with Crippen LogP contribution in [0.15, 0.2) is 24.3 Å². The number of aromatic nitrogens is 2. The number of carboxylic acids is 1. The van der Waals surface area contributed by atoms with Crippen LogP contribution in [0, 0.1) is 0 Å². The fraction of sp³-hybridized carbons (Fsp3) is 0.182. The van der Waals surface area contributed by atoms with E-state index in [4.69, 9.17) is 5.11 Å². The average molecular weight is 303 g/mol. The summed E-state index contributed by atoms with van der Waals surface area (Å²) in [5.41, 5.74) is 0.607. The Balaban J connectivity index is 2.24. The lowest BCUT2D eigenvalue weighted by molar-refractivity contribution is -0.138. The molecule has 9 heteroatoms. The minimum Gasteiger partial charge on any atom is -0.478 e. The number of carbonyl (C=O) groups is 1. The van der Waals surface area contributed by atoms with E-state index in [1.54, 1.807) is 0 Å².